The van der Waals surface area contributed by atoms with Gasteiger partial charge in [-0.25, -0.2) is 14.6 Å². The molecule has 0 spiro atoms. The van der Waals surface area contributed by atoms with Gasteiger partial charge in [0.15, 0.2) is 6.10 Å². The van der Waals surface area contributed by atoms with E-state index >= 15 is 0 Å². The first-order valence-corrected chi connectivity index (χ1v) is 10.5. The Labute approximate surface area is 171 Å². The van der Waals surface area contributed by atoms with Gasteiger partial charge in [0.2, 0.25) is 0 Å². The van der Waals surface area contributed by atoms with Gasteiger partial charge in [0.25, 0.3) is 11.5 Å². The van der Waals surface area contributed by atoms with E-state index in [9.17, 15) is 19.2 Å². The summed E-state index contributed by atoms with van der Waals surface area (Å²) in [6, 6.07) is -0.655. The molecule has 0 fully saturated rings. The molecular weight excluding hydrogens is 396 g/mol. The van der Waals surface area contributed by atoms with Crippen molar-refractivity contribution in [1.29, 1.82) is 0 Å². The molecule has 0 aromatic carbocycles. The van der Waals surface area contributed by atoms with Crippen LogP contribution in [0.2, 0.25) is 0 Å². The third kappa shape index (κ3) is 4.31. The van der Waals surface area contributed by atoms with Crippen LogP contribution in [-0.4, -0.2) is 40.1 Å². The molecule has 3 heterocycles. The molecular formula is C19H24N4O5S. The second kappa shape index (κ2) is 8.73. The summed E-state index contributed by atoms with van der Waals surface area (Å²) in [4.78, 5) is 54.4. The van der Waals surface area contributed by atoms with Gasteiger partial charge >= 0.3 is 12.0 Å². The maximum Gasteiger partial charge on any atom is 0.349 e. The Bertz CT molecular complexity index is 1030. The molecule has 1 aliphatic heterocycles. The molecule has 0 unspecified atom stereocenters. The minimum atomic E-state index is -1.17. The van der Waals surface area contributed by atoms with Crippen molar-refractivity contribution in [3.8, 4) is 0 Å². The summed E-state index contributed by atoms with van der Waals surface area (Å²) in [7, 11) is 0. The molecule has 2 N–H and O–H groups in total. The van der Waals surface area contributed by atoms with Crippen molar-refractivity contribution in [3.63, 3.8) is 0 Å². The smallest absolute Gasteiger partial charge is 0.349 e. The van der Waals surface area contributed by atoms with E-state index in [1.165, 1.54) is 6.92 Å². The third-order valence-corrected chi connectivity index (χ3v) is 5.99. The maximum atomic E-state index is 13.0. The van der Waals surface area contributed by atoms with Gasteiger partial charge in [-0.15, -0.1) is 11.3 Å². The number of urea groups is 1. The van der Waals surface area contributed by atoms with E-state index in [4.69, 9.17) is 4.74 Å². The van der Waals surface area contributed by atoms with E-state index in [-0.39, 0.29) is 10.4 Å². The van der Waals surface area contributed by atoms with Gasteiger partial charge in [-0.1, -0.05) is 6.42 Å². The fourth-order valence-electron chi connectivity index (χ4n) is 3.29. The minimum absolute atomic E-state index is 0.137. The first-order chi connectivity index (χ1) is 13.8. The first-order valence-electron chi connectivity index (χ1n) is 9.66. The molecule has 0 saturated carbocycles. The monoisotopic (exact) mass is 420 g/mol. The third-order valence-electron chi connectivity index (χ3n) is 4.82. The number of ether oxygens (including phenoxy) is 1. The number of carbonyl (C=O) groups is 3. The molecule has 0 radical (unpaired) electrons. The van der Waals surface area contributed by atoms with Crippen LogP contribution in [0.4, 0.5) is 4.79 Å². The minimum Gasteiger partial charge on any atom is -0.448 e. The molecule has 1 aliphatic rings. The Morgan fingerprint density at radius 3 is 2.76 bits per heavy atom. The summed E-state index contributed by atoms with van der Waals surface area (Å²) in [5.74, 6) is -0.701. The number of aromatic nitrogens is 2. The lowest BCUT2D eigenvalue weighted by molar-refractivity contribution is -0.127. The van der Waals surface area contributed by atoms with E-state index in [0.717, 1.165) is 42.8 Å². The zero-order valence-corrected chi connectivity index (χ0v) is 17.5. The van der Waals surface area contributed by atoms with Crippen molar-refractivity contribution >= 4 is 39.5 Å². The summed E-state index contributed by atoms with van der Waals surface area (Å²) in [6.45, 7) is 5.77. The molecule has 3 amide bonds. The SMILES string of the molecule is CCNC(=O)NC(=O)[C@H](C)OC(=O)c1sc2nc3n(c(=O)c2c1C)CCCCC3. The lowest BCUT2D eigenvalue weighted by Crippen LogP contribution is -2.44. The van der Waals surface area contributed by atoms with Gasteiger partial charge in [0, 0.05) is 19.5 Å². The van der Waals surface area contributed by atoms with Crippen molar-refractivity contribution in [1.82, 2.24) is 20.2 Å². The standard InChI is InChI=1S/C19H24N4O5S/c1-4-20-19(27)22-15(24)11(3)28-18(26)14-10(2)13-16(29-14)21-12-8-6-5-7-9-23(12)17(13)25/h11H,4-9H2,1-3H3,(H2,20,22,24,27)/t11-/m0/s1. The molecule has 29 heavy (non-hydrogen) atoms. The number of rotatable bonds is 4. The van der Waals surface area contributed by atoms with Crippen LogP contribution in [-0.2, 0) is 22.5 Å². The lowest BCUT2D eigenvalue weighted by atomic mass is 10.2. The molecule has 1 atom stereocenters. The molecule has 0 bridgehead atoms. The summed E-state index contributed by atoms with van der Waals surface area (Å²) in [5.41, 5.74) is 0.366. The predicted molar refractivity (Wildman–Crippen MR) is 108 cm³/mol. The van der Waals surface area contributed by atoms with Crippen molar-refractivity contribution in [3.05, 3.63) is 26.6 Å². The van der Waals surface area contributed by atoms with Gasteiger partial charge in [-0.05, 0) is 39.2 Å². The fourth-order valence-corrected chi connectivity index (χ4v) is 4.36. The Morgan fingerprint density at radius 2 is 2.03 bits per heavy atom. The highest BCUT2D eigenvalue weighted by Gasteiger charge is 2.26. The molecule has 156 valence electrons. The van der Waals surface area contributed by atoms with Gasteiger partial charge in [-0.3, -0.25) is 19.5 Å². The lowest BCUT2D eigenvalue weighted by Gasteiger charge is -2.12. The topological polar surface area (TPSA) is 119 Å². The molecule has 10 heteroatoms. The van der Waals surface area contributed by atoms with Gasteiger partial charge in [0.1, 0.15) is 15.5 Å². The Hall–Kier alpha value is -2.75. The van der Waals surface area contributed by atoms with Crippen LogP contribution in [0.3, 0.4) is 0 Å². The highest BCUT2D eigenvalue weighted by atomic mass is 32.1. The molecule has 2 aromatic rings. The van der Waals surface area contributed by atoms with Crippen molar-refractivity contribution in [2.24, 2.45) is 0 Å². The van der Waals surface area contributed by atoms with Crippen LogP contribution in [0.5, 0.6) is 0 Å². The van der Waals surface area contributed by atoms with Gasteiger partial charge in [-0.2, -0.15) is 0 Å². The van der Waals surface area contributed by atoms with Crippen molar-refractivity contribution in [2.75, 3.05) is 6.54 Å². The molecule has 0 saturated heterocycles. The number of carbonyl (C=O) groups excluding carboxylic acids is 3. The summed E-state index contributed by atoms with van der Waals surface area (Å²) in [6.07, 6.45) is 2.54. The van der Waals surface area contributed by atoms with Crippen LogP contribution >= 0.6 is 11.3 Å². The van der Waals surface area contributed by atoms with E-state index in [2.05, 4.69) is 15.6 Å². The summed E-state index contributed by atoms with van der Waals surface area (Å²) >= 11 is 1.09. The van der Waals surface area contributed by atoms with Crippen LogP contribution in [0.15, 0.2) is 4.79 Å². The van der Waals surface area contributed by atoms with E-state index in [1.54, 1.807) is 18.4 Å². The highest BCUT2D eigenvalue weighted by molar-refractivity contribution is 7.20. The Balaban J connectivity index is 1.84. The number of fused-ring (bicyclic) bond motifs is 2. The first kappa shape index (κ1) is 21.0. The average molecular weight is 420 g/mol. The molecule has 2 aromatic heterocycles. The molecule has 0 aliphatic carbocycles. The summed E-state index contributed by atoms with van der Waals surface area (Å²) < 4.78 is 6.92. The Kier molecular flexibility index (Phi) is 6.31. The second-order valence-corrected chi connectivity index (χ2v) is 7.93. The number of nitrogens with zero attached hydrogens (tertiary/aromatic N) is 2. The van der Waals surface area contributed by atoms with Crippen molar-refractivity contribution < 1.29 is 19.1 Å². The van der Waals surface area contributed by atoms with E-state index in [1.807, 2.05) is 0 Å². The normalized spacial score (nSPS) is 14.6. The number of aryl methyl sites for hydroxylation is 2. The highest BCUT2D eigenvalue weighted by Crippen LogP contribution is 2.29. The number of amides is 3. The quantitative estimate of drug-likeness (QED) is 0.729. The molecule has 9 nitrogen and oxygen atoms in total. The van der Waals surface area contributed by atoms with Crippen LogP contribution < -0.4 is 16.2 Å². The van der Waals surface area contributed by atoms with Crippen molar-refractivity contribution in [2.45, 2.75) is 59.1 Å². The second-order valence-electron chi connectivity index (χ2n) is 6.93. The van der Waals surface area contributed by atoms with Crippen LogP contribution in [0.25, 0.3) is 10.2 Å². The summed E-state index contributed by atoms with van der Waals surface area (Å²) in [5, 5.41) is 4.95. The largest absolute Gasteiger partial charge is 0.448 e. The number of esters is 1. The van der Waals surface area contributed by atoms with E-state index in [0.29, 0.717) is 28.9 Å². The van der Waals surface area contributed by atoms with Crippen LogP contribution in [0, 0.1) is 6.92 Å². The zero-order chi connectivity index (χ0) is 21.1. The predicted octanol–water partition coefficient (Wildman–Crippen LogP) is 1.88. The number of hydrogen-bond acceptors (Lipinski definition) is 7. The number of imide groups is 1. The fraction of sp³-hybridized carbons (Fsp3) is 0.526. The maximum absolute atomic E-state index is 13.0. The Morgan fingerprint density at radius 1 is 1.28 bits per heavy atom. The van der Waals surface area contributed by atoms with Gasteiger partial charge < -0.3 is 10.1 Å². The average Bonchev–Trinajstić information content (AvgIpc) is 2.84. The number of hydrogen-bond donors (Lipinski definition) is 2. The van der Waals surface area contributed by atoms with Crippen LogP contribution in [0.1, 0.15) is 54.2 Å². The zero-order valence-electron chi connectivity index (χ0n) is 16.7. The number of nitrogens with one attached hydrogen (secondary N) is 2. The van der Waals surface area contributed by atoms with E-state index < -0.39 is 24.0 Å². The number of thiophene rings is 1. The van der Waals surface area contributed by atoms with Gasteiger partial charge in [0.05, 0.1) is 5.39 Å². The molecule has 3 rings (SSSR count).